The molecule has 0 spiro atoms. The molecule has 21 heavy (non-hydrogen) atoms. The van der Waals surface area contributed by atoms with Crippen LogP contribution in [0, 0.1) is 18.6 Å². The Balaban J connectivity index is 2.22. The van der Waals surface area contributed by atoms with E-state index in [9.17, 15) is 8.78 Å². The maximum atomic E-state index is 14.0. The van der Waals surface area contributed by atoms with Gasteiger partial charge >= 0.3 is 0 Å². The van der Waals surface area contributed by atoms with Crippen molar-refractivity contribution in [3.63, 3.8) is 0 Å². The second-order valence-electron chi connectivity index (χ2n) is 4.58. The first-order valence-corrected chi connectivity index (χ1v) is 6.20. The van der Waals surface area contributed by atoms with Crippen LogP contribution in [0.2, 0.25) is 0 Å². The molecule has 0 saturated carbocycles. The van der Waals surface area contributed by atoms with Crippen molar-refractivity contribution in [2.75, 3.05) is 5.73 Å². The van der Waals surface area contributed by atoms with Gasteiger partial charge in [0.1, 0.15) is 11.6 Å². The zero-order chi connectivity index (χ0) is 15.0. The molecular weight excluding hydrogens is 276 g/mol. The third-order valence-electron chi connectivity index (χ3n) is 3.08. The number of aryl methyl sites for hydroxylation is 1. The number of halogens is 2. The largest absolute Gasteiger partial charge is 0.380 e. The molecule has 2 aromatic heterocycles. The second-order valence-corrected chi connectivity index (χ2v) is 4.58. The van der Waals surface area contributed by atoms with Crippen LogP contribution in [0.5, 0.6) is 0 Å². The van der Waals surface area contributed by atoms with Gasteiger partial charge in [0.15, 0.2) is 11.6 Å². The Hall–Kier alpha value is -2.76. The fourth-order valence-electron chi connectivity index (χ4n) is 2.14. The fraction of sp³-hybridized carbons (Fsp3) is 0.0667. The lowest BCUT2D eigenvalue weighted by molar-refractivity contribution is 0.436. The highest BCUT2D eigenvalue weighted by Gasteiger charge is 2.20. The molecule has 3 rings (SSSR count). The average molecular weight is 287 g/mol. The standard InChI is InChI=1S/C15H11F2N3O/c1-8-6-9(4-5-19-8)14-13(15(18)20-21-14)11-3-2-10(16)7-12(11)17/h2-7H,1H3,(H2,18,20). The number of hydrogen-bond acceptors (Lipinski definition) is 4. The van der Waals surface area contributed by atoms with Crippen LogP contribution in [0.1, 0.15) is 5.69 Å². The number of anilines is 1. The number of nitrogens with two attached hydrogens (primary N) is 1. The fourth-order valence-corrected chi connectivity index (χ4v) is 2.14. The Morgan fingerprint density at radius 3 is 2.67 bits per heavy atom. The summed E-state index contributed by atoms with van der Waals surface area (Å²) in [5, 5.41) is 3.68. The van der Waals surface area contributed by atoms with Crippen LogP contribution in [0.15, 0.2) is 41.1 Å². The molecule has 1 aromatic carbocycles. The first-order valence-electron chi connectivity index (χ1n) is 6.20. The Morgan fingerprint density at radius 1 is 1.14 bits per heavy atom. The number of benzene rings is 1. The summed E-state index contributed by atoms with van der Waals surface area (Å²) in [5.41, 5.74) is 7.66. The minimum Gasteiger partial charge on any atom is -0.380 e. The molecule has 0 radical (unpaired) electrons. The molecule has 0 atom stereocenters. The van der Waals surface area contributed by atoms with Gasteiger partial charge in [0.25, 0.3) is 0 Å². The predicted molar refractivity (Wildman–Crippen MR) is 74.2 cm³/mol. The summed E-state index contributed by atoms with van der Waals surface area (Å²) in [5.74, 6) is -1.02. The quantitative estimate of drug-likeness (QED) is 0.782. The van der Waals surface area contributed by atoms with Crippen LogP contribution in [-0.4, -0.2) is 10.1 Å². The van der Waals surface area contributed by atoms with E-state index in [-0.39, 0.29) is 11.4 Å². The number of aromatic nitrogens is 2. The van der Waals surface area contributed by atoms with Crippen molar-refractivity contribution in [3.05, 3.63) is 53.9 Å². The van der Waals surface area contributed by atoms with Crippen molar-refractivity contribution in [2.45, 2.75) is 6.92 Å². The third kappa shape index (κ3) is 2.35. The van der Waals surface area contributed by atoms with Crippen LogP contribution < -0.4 is 5.73 Å². The Kier molecular flexibility index (Phi) is 3.13. The first-order chi connectivity index (χ1) is 10.1. The zero-order valence-corrected chi connectivity index (χ0v) is 11.1. The maximum absolute atomic E-state index is 14.0. The lowest BCUT2D eigenvalue weighted by Gasteiger charge is -2.05. The monoisotopic (exact) mass is 287 g/mol. The molecule has 0 fully saturated rings. The minimum atomic E-state index is -0.725. The molecule has 0 saturated heterocycles. The first kappa shape index (κ1) is 13.2. The molecule has 0 bridgehead atoms. The molecule has 3 aromatic rings. The summed E-state index contributed by atoms with van der Waals surface area (Å²) in [6.45, 7) is 1.82. The van der Waals surface area contributed by atoms with E-state index in [1.807, 2.05) is 6.92 Å². The highest BCUT2D eigenvalue weighted by Crippen LogP contribution is 2.37. The van der Waals surface area contributed by atoms with E-state index < -0.39 is 11.6 Å². The van der Waals surface area contributed by atoms with Gasteiger partial charge in [-0.15, -0.1) is 0 Å². The topological polar surface area (TPSA) is 64.9 Å². The van der Waals surface area contributed by atoms with Crippen molar-refractivity contribution >= 4 is 5.82 Å². The smallest absolute Gasteiger partial charge is 0.177 e. The lowest BCUT2D eigenvalue weighted by Crippen LogP contribution is -1.93. The van der Waals surface area contributed by atoms with E-state index in [0.29, 0.717) is 16.9 Å². The summed E-state index contributed by atoms with van der Waals surface area (Å²) >= 11 is 0. The molecule has 0 aliphatic carbocycles. The van der Waals surface area contributed by atoms with Crippen molar-refractivity contribution < 1.29 is 13.3 Å². The molecule has 0 amide bonds. The van der Waals surface area contributed by atoms with Gasteiger partial charge in [-0.25, -0.2) is 8.78 Å². The summed E-state index contributed by atoms with van der Waals surface area (Å²) in [6.07, 6.45) is 1.61. The van der Waals surface area contributed by atoms with Crippen LogP contribution in [0.25, 0.3) is 22.5 Å². The molecule has 0 aliphatic heterocycles. The SMILES string of the molecule is Cc1cc(-c2onc(N)c2-c2ccc(F)cc2F)ccn1. The van der Waals surface area contributed by atoms with Gasteiger partial charge in [0, 0.05) is 29.1 Å². The van der Waals surface area contributed by atoms with E-state index in [1.165, 1.54) is 6.07 Å². The van der Waals surface area contributed by atoms with Crippen LogP contribution >= 0.6 is 0 Å². The number of nitrogens with zero attached hydrogens (tertiary/aromatic N) is 2. The molecule has 4 nitrogen and oxygen atoms in total. The third-order valence-corrected chi connectivity index (χ3v) is 3.08. The van der Waals surface area contributed by atoms with Gasteiger partial charge in [0.05, 0.1) is 5.56 Å². The molecule has 6 heteroatoms. The van der Waals surface area contributed by atoms with E-state index in [1.54, 1.807) is 18.3 Å². The van der Waals surface area contributed by atoms with Crippen LogP contribution in [0.3, 0.4) is 0 Å². The molecule has 106 valence electrons. The van der Waals surface area contributed by atoms with E-state index >= 15 is 0 Å². The zero-order valence-electron chi connectivity index (χ0n) is 11.1. The van der Waals surface area contributed by atoms with E-state index in [2.05, 4.69) is 10.1 Å². The number of rotatable bonds is 2. The normalized spacial score (nSPS) is 10.8. The van der Waals surface area contributed by atoms with Crippen molar-refractivity contribution in [1.82, 2.24) is 10.1 Å². The Labute approximate surface area is 119 Å². The second kappa shape index (κ2) is 4.97. The van der Waals surface area contributed by atoms with Gasteiger partial charge in [-0.05, 0) is 31.2 Å². The lowest BCUT2D eigenvalue weighted by atomic mass is 10.0. The van der Waals surface area contributed by atoms with Gasteiger partial charge < -0.3 is 10.3 Å². The molecule has 2 heterocycles. The van der Waals surface area contributed by atoms with Crippen molar-refractivity contribution in [3.8, 4) is 22.5 Å². The molecule has 2 N–H and O–H groups in total. The Morgan fingerprint density at radius 2 is 1.95 bits per heavy atom. The minimum absolute atomic E-state index is 0.0463. The number of nitrogen functional groups attached to an aromatic ring is 1. The predicted octanol–water partition coefficient (Wildman–Crippen LogP) is 3.57. The van der Waals surface area contributed by atoms with Gasteiger partial charge in [-0.1, -0.05) is 5.16 Å². The highest BCUT2D eigenvalue weighted by atomic mass is 19.1. The Bertz CT molecular complexity index is 814. The van der Waals surface area contributed by atoms with Gasteiger partial charge in [-0.3, -0.25) is 4.98 Å². The summed E-state index contributed by atoms with van der Waals surface area (Å²) in [4.78, 5) is 4.09. The van der Waals surface area contributed by atoms with Gasteiger partial charge in [0.2, 0.25) is 0 Å². The van der Waals surface area contributed by atoms with E-state index in [4.69, 9.17) is 10.3 Å². The van der Waals surface area contributed by atoms with E-state index in [0.717, 1.165) is 17.8 Å². The summed E-state index contributed by atoms with van der Waals surface area (Å²) < 4.78 is 32.3. The van der Waals surface area contributed by atoms with Gasteiger partial charge in [-0.2, -0.15) is 0 Å². The maximum Gasteiger partial charge on any atom is 0.177 e. The molecular formula is C15H11F2N3O. The van der Waals surface area contributed by atoms with Crippen LogP contribution in [0.4, 0.5) is 14.6 Å². The summed E-state index contributed by atoms with van der Waals surface area (Å²) in [7, 11) is 0. The van der Waals surface area contributed by atoms with Crippen molar-refractivity contribution in [1.29, 1.82) is 0 Å². The van der Waals surface area contributed by atoms with Crippen molar-refractivity contribution in [2.24, 2.45) is 0 Å². The molecule has 0 aliphatic rings. The number of hydrogen-bond donors (Lipinski definition) is 1. The summed E-state index contributed by atoms with van der Waals surface area (Å²) in [6, 6.07) is 6.74. The van der Waals surface area contributed by atoms with Crippen LogP contribution in [-0.2, 0) is 0 Å². The highest BCUT2D eigenvalue weighted by molar-refractivity contribution is 5.86. The molecule has 0 unspecified atom stereocenters. The average Bonchev–Trinajstić information content (AvgIpc) is 2.81. The number of pyridine rings is 1.